The Morgan fingerprint density at radius 3 is 2.35 bits per heavy atom. The highest BCUT2D eigenvalue weighted by Gasteiger charge is 2.38. The maximum absolute atomic E-state index is 13.2. The maximum atomic E-state index is 13.2. The van der Waals surface area contributed by atoms with Crippen LogP contribution in [0.5, 0.6) is 0 Å². The molecule has 1 aromatic rings. The Morgan fingerprint density at radius 2 is 1.90 bits per heavy atom. The fraction of sp³-hybridized carbons (Fsp3) is 0.533. The van der Waals surface area contributed by atoms with Gasteiger partial charge in [-0.25, -0.2) is 4.39 Å². The second-order valence-electron chi connectivity index (χ2n) is 6.03. The summed E-state index contributed by atoms with van der Waals surface area (Å²) in [6, 6.07) is 3.88. The Labute approximate surface area is 123 Å². The van der Waals surface area contributed by atoms with Gasteiger partial charge < -0.3 is 9.84 Å². The summed E-state index contributed by atoms with van der Waals surface area (Å²) in [7, 11) is 0. The summed E-state index contributed by atoms with van der Waals surface area (Å²) in [6.07, 6.45) is 0. The van der Waals surface area contributed by atoms with Gasteiger partial charge in [0.2, 0.25) is 0 Å². The largest absolute Gasteiger partial charge is 0.460 e. The number of aliphatic hydroxyl groups is 1. The Hall–Kier alpha value is -1.13. The minimum absolute atomic E-state index is 0.0980. The molecule has 0 aromatic heterocycles. The molecule has 0 aliphatic heterocycles. The molecule has 1 aromatic carbocycles. The van der Waals surface area contributed by atoms with Crippen molar-refractivity contribution < 1.29 is 19.0 Å². The zero-order valence-electron chi connectivity index (χ0n) is 12.3. The number of ether oxygens (including phenoxy) is 1. The molecule has 0 spiro atoms. The lowest BCUT2D eigenvalue weighted by atomic mass is 9.84. The van der Waals surface area contributed by atoms with E-state index in [1.807, 2.05) is 0 Å². The van der Waals surface area contributed by atoms with E-state index in [0.717, 1.165) is 6.07 Å². The summed E-state index contributed by atoms with van der Waals surface area (Å²) in [5.41, 5.74) is -1.77. The first kappa shape index (κ1) is 16.9. The fourth-order valence-electron chi connectivity index (χ4n) is 1.68. The Morgan fingerprint density at radius 1 is 1.35 bits per heavy atom. The highest BCUT2D eigenvalue weighted by atomic mass is 35.5. The molecule has 0 heterocycles. The Bertz CT molecular complexity index is 506. The molecule has 0 aliphatic carbocycles. The quantitative estimate of drug-likeness (QED) is 0.867. The van der Waals surface area contributed by atoms with Crippen molar-refractivity contribution in [2.75, 3.05) is 0 Å². The van der Waals surface area contributed by atoms with Crippen LogP contribution in [0.1, 0.15) is 40.2 Å². The summed E-state index contributed by atoms with van der Waals surface area (Å²) in [4.78, 5) is 12.0. The first-order chi connectivity index (χ1) is 8.95. The van der Waals surface area contributed by atoms with Crippen molar-refractivity contribution in [2.45, 2.75) is 45.8 Å². The smallest absolute Gasteiger partial charge is 0.312 e. The van der Waals surface area contributed by atoms with Gasteiger partial charge in [0.15, 0.2) is 0 Å². The van der Waals surface area contributed by atoms with Crippen molar-refractivity contribution >= 4 is 17.6 Å². The van der Waals surface area contributed by atoms with Gasteiger partial charge in [-0.15, -0.1) is 0 Å². The highest BCUT2D eigenvalue weighted by Crippen LogP contribution is 2.33. The van der Waals surface area contributed by atoms with Gasteiger partial charge in [-0.2, -0.15) is 0 Å². The number of hydrogen-bond donors (Lipinski definition) is 1. The molecule has 0 saturated heterocycles. The minimum atomic E-state index is -1.50. The first-order valence-electron chi connectivity index (χ1n) is 6.36. The summed E-state index contributed by atoms with van der Waals surface area (Å²) in [6.45, 7) is 8.29. The van der Waals surface area contributed by atoms with Crippen LogP contribution >= 0.6 is 11.6 Å². The number of benzene rings is 1. The van der Waals surface area contributed by atoms with Crippen molar-refractivity contribution in [3.63, 3.8) is 0 Å². The zero-order chi connectivity index (χ0) is 15.7. The predicted octanol–water partition coefficient (Wildman–Crippen LogP) is 3.66. The second kappa shape index (κ2) is 5.70. The molecular formula is C15H20ClFO3. The van der Waals surface area contributed by atoms with Gasteiger partial charge in [-0.1, -0.05) is 17.7 Å². The summed E-state index contributed by atoms with van der Waals surface area (Å²) < 4.78 is 18.4. The van der Waals surface area contributed by atoms with Gasteiger partial charge in [0.1, 0.15) is 11.4 Å². The molecule has 5 heteroatoms. The third kappa shape index (κ3) is 3.93. The number of hydrogen-bond acceptors (Lipinski definition) is 3. The maximum Gasteiger partial charge on any atom is 0.312 e. The molecule has 2 atom stereocenters. The Kier molecular flexibility index (Phi) is 4.82. The normalized spacial score (nSPS) is 16.4. The fourth-order valence-corrected chi connectivity index (χ4v) is 1.86. The molecule has 112 valence electrons. The van der Waals surface area contributed by atoms with Crippen LogP contribution in [0.4, 0.5) is 4.39 Å². The number of halogens is 2. The SMILES string of the molecule is CC(C(=O)OC(C)(C)C)C(C)(O)c1ccc(F)c(Cl)c1. The van der Waals surface area contributed by atoms with Gasteiger partial charge in [0.05, 0.1) is 16.5 Å². The van der Waals surface area contributed by atoms with Crippen LogP contribution in [-0.4, -0.2) is 16.7 Å². The standard InChI is InChI=1S/C15H20ClFO3/c1-9(13(18)20-14(2,3)4)15(5,19)10-6-7-12(17)11(16)8-10/h6-9,19H,1-5H3. The lowest BCUT2D eigenvalue weighted by Gasteiger charge is -2.31. The molecule has 1 N–H and O–H groups in total. The topological polar surface area (TPSA) is 46.5 Å². The molecule has 0 radical (unpaired) electrons. The van der Waals surface area contributed by atoms with Crippen molar-refractivity contribution in [1.29, 1.82) is 0 Å². The van der Waals surface area contributed by atoms with E-state index in [4.69, 9.17) is 16.3 Å². The molecule has 2 unspecified atom stereocenters. The van der Waals surface area contributed by atoms with Crippen molar-refractivity contribution in [3.8, 4) is 0 Å². The van der Waals surface area contributed by atoms with Gasteiger partial charge in [0, 0.05) is 0 Å². The predicted molar refractivity (Wildman–Crippen MR) is 76.0 cm³/mol. The van der Waals surface area contributed by atoms with Crippen LogP contribution in [0, 0.1) is 11.7 Å². The zero-order valence-corrected chi connectivity index (χ0v) is 13.1. The molecule has 1 rings (SSSR count). The van der Waals surface area contributed by atoms with E-state index in [2.05, 4.69) is 0 Å². The van der Waals surface area contributed by atoms with Crippen LogP contribution in [0.25, 0.3) is 0 Å². The van der Waals surface area contributed by atoms with Crippen LogP contribution in [-0.2, 0) is 15.1 Å². The van der Waals surface area contributed by atoms with E-state index in [1.54, 1.807) is 27.7 Å². The van der Waals surface area contributed by atoms with E-state index in [0.29, 0.717) is 5.56 Å². The average Bonchev–Trinajstić information content (AvgIpc) is 2.29. The van der Waals surface area contributed by atoms with E-state index in [-0.39, 0.29) is 5.02 Å². The molecule has 0 saturated carbocycles. The van der Waals surface area contributed by atoms with E-state index < -0.39 is 28.9 Å². The second-order valence-corrected chi connectivity index (χ2v) is 6.44. The molecule has 0 fully saturated rings. The highest BCUT2D eigenvalue weighted by molar-refractivity contribution is 6.30. The summed E-state index contributed by atoms with van der Waals surface area (Å²) in [5, 5.41) is 10.5. The molecule has 20 heavy (non-hydrogen) atoms. The van der Waals surface area contributed by atoms with Gasteiger partial charge in [-0.05, 0) is 52.3 Å². The number of carbonyl (C=O) groups is 1. The monoisotopic (exact) mass is 302 g/mol. The van der Waals surface area contributed by atoms with Gasteiger partial charge >= 0.3 is 5.97 Å². The van der Waals surface area contributed by atoms with Crippen molar-refractivity contribution in [1.82, 2.24) is 0 Å². The van der Waals surface area contributed by atoms with Crippen molar-refractivity contribution in [3.05, 3.63) is 34.6 Å². The third-order valence-corrected chi connectivity index (χ3v) is 3.40. The molecular weight excluding hydrogens is 283 g/mol. The van der Waals surface area contributed by atoms with Crippen molar-refractivity contribution in [2.24, 2.45) is 5.92 Å². The summed E-state index contributed by atoms with van der Waals surface area (Å²) >= 11 is 5.71. The number of carbonyl (C=O) groups excluding carboxylic acids is 1. The van der Waals surface area contributed by atoms with Crippen LogP contribution in [0.2, 0.25) is 5.02 Å². The third-order valence-electron chi connectivity index (χ3n) is 3.11. The van der Waals surface area contributed by atoms with Crippen LogP contribution in [0.15, 0.2) is 18.2 Å². The number of rotatable bonds is 3. The first-order valence-corrected chi connectivity index (χ1v) is 6.73. The lowest BCUT2D eigenvalue weighted by Crippen LogP contribution is -2.39. The van der Waals surface area contributed by atoms with E-state index in [1.165, 1.54) is 19.1 Å². The van der Waals surface area contributed by atoms with Crippen LogP contribution in [0.3, 0.4) is 0 Å². The van der Waals surface area contributed by atoms with E-state index >= 15 is 0 Å². The van der Waals surface area contributed by atoms with E-state index in [9.17, 15) is 14.3 Å². The van der Waals surface area contributed by atoms with Crippen LogP contribution < -0.4 is 0 Å². The lowest BCUT2D eigenvalue weighted by molar-refractivity contribution is -0.168. The van der Waals surface area contributed by atoms with Gasteiger partial charge in [-0.3, -0.25) is 4.79 Å². The molecule has 3 nitrogen and oxygen atoms in total. The Balaban J connectivity index is 3.02. The molecule has 0 bridgehead atoms. The minimum Gasteiger partial charge on any atom is -0.460 e. The average molecular weight is 303 g/mol. The number of esters is 1. The summed E-state index contributed by atoms with van der Waals surface area (Å²) in [5.74, 6) is -1.91. The molecule has 0 amide bonds. The van der Waals surface area contributed by atoms with Gasteiger partial charge in [0.25, 0.3) is 0 Å². The molecule has 0 aliphatic rings.